The van der Waals surface area contributed by atoms with Crippen molar-refractivity contribution in [2.45, 2.75) is 329 Å². The van der Waals surface area contributed by atoms with Crippen LogP contribution in [0.15, 0.2) is 24.3 Å². The molecule has 0 spiro atoms. The topological polar surface area (TPSA) is 237 Å². The summed E-state index contributed by atoms with van der Waals surface area (Å²) >= 11 is 0. The number of unbranched alkanes of at least 4 members (excludes halogenated alkanes) is 33. The quantitative estimate of drug-likeness (QED) is 0.0169. The summed E-state index contributed by atoms with van der Waals surface area (Å²) in [6.07, 6.45) is 47.1. The fourth-order valence-corrected chi connectivity index (χ4v) is 11.0. The van der Waals surface area contributed by atoms with E-state index in [4.69, 9.17) is 37.0 Å². The van der Waals surface area contributed by atoms with Crippen LogP contribution < -0.4 is 0 Å². The third kappa shape index (κ3) is 60.2. The first-order valence-corrected chi connectivity index (χ1v) is 36.9. The number of esters is 4. The van der Waals surface area contributed by atoms with Crippen molar-refractivity contribution in [1.29, 1.82) is 0 Å². The molecule has 85 heavy (non-hydrogen) atoms. The van der Waals surface area contributed by atoms with Crippen molar-refractivity contribution in [3.63, 3.8) is 0 Å². The second-order valence-corrected chi connectivity index (χ2v) is 26.6. The molecule has 5 atom stereocenters. The van der Waals surface area contributed by atoms with Crippen LogP contribution in [0.4, 0.5) is 0 Å². The first kappa shape index (κ1) is 82.5. The first-order chi connectivity index (χ1) is 41.0. The van der Waals surface area contributed by atoms with Crippen molar-refractivity contribution in [3.05, 3.63) is 24.3 Å². The molecule has 0 rings (SSSR count). The summed E-state index contributed by atoms with van der Waals surface area (Å²) in [4.78, 5) is 71.9. The maximum atomic E-state index is 13.0. The van der Waals surface area contributed by atoms with E-state index in [0.717, 1.165) is 128 Å². The van der Waals surface area contributed by atoms with Crippen LogP contribution in [-0.2, 0) is 65.4 Å². The van der Waals surface area contributed by atoms with E-state index in [1.54, 1.807) is 0 Å². The molecular weight excluding hydrogens is 1130 g/mol. The highest BCUT2D eigenvalue weighted by molar-refractivity contribution is 7.47. The monoisotopic (exact) mass is 1250 g/mol. The van der Waals surface area contributed by atoms with Gasteiger partial charge in [0, 0.05) is 25.7 Å². The molecule has 0 aliphatic rings. The average molecular weight is 1250 g/mol. The smallest absolute Gasteiger partial charge is 0.462 e. The van der Waals surface area contributed by atoms with Gasteiger partial charge in [-0.1, -0.05) is 258 Å². The van der Waals surface area contributed by atoms with E-state index < -0.39 is 97.5 Å². The van der Waals surface area contributed by atoms with Gasteiger partial charge in [0.15, 0.2) is 12.2 Å². The molecule has 500 valence electrons. The second-order valence-electron chi connectivity index (χ2n) is 23.6. The Bertz CT molecular complexity index is 1740. The molecule has 0 aromatic heterocycles. The van der Waals surface area contributed by atoms with Gasteiger partial charge >= 0.3 is 39.5 Å². The summed E-state index contributed by atoms with van der Waals surface area (Å²) in [6.45, 7) is 7.05. The highest BCUT2D eigenvalue weighted by atomic mass is 31.2. The molecule has 0 bridgehead atoms. The van der Waals surface area contributed by atoms with Crippen LogP contribution in [0.2, 0.25) is 0 Å². The summed E-state index contributed by atoms with van der Waals surface area (Å²) in [5.41, 5.74) is 0. The number of carbonyl (C=O) groups is 4. The molecule has 0 amide bonds. The second kappa shape index (κ2) is 59.2. The standard InChI is InChI=1S/C66H124O17P2/c1-6-9-12-15-17-19-20-21-22-26-29-32-36-40-45-50-64(69)77-56-62(83-66(71)52-47-42-37-33-30-27-24-23-25-28-31-34-39-43-48-59(4)5)58-81-85(74,75)79-54-60(67)53-78-84(72,73)80-57-61(55-76-63(68)49-44-38-14-11-8-3)82-65(70)51-46-41-35-18-16-13-10-7-2/h19-22,59-62,67H,6-18,23-58H2,1-5H3,(H,72,73)(H,74,75)/b20-19-,22-21-/t60-,61+,62+/m0/s1. The van der Waals surface area contributed by atoms with Crippen LogP contribution in [-0.4, -0.2) is 96.7 Å². The van der Waals surface area contributed by atoms with Gasteiger partial charge in [-0.15, -0.1) is 0 Å². The van der Waals surface area contributed by atoms with Gasteiger partial charge in [-0.25, -0.2) is 9.13 Å². The fourth-order valence-electron chi connectivity index (χ4n) is 9.40. The number of rotatable bonds is 64. The van der Waals surface area contributed by atoms with Gasteiger partial charge in [0.25, 0.3) is 0 Å². The van der Waals surface area contributed by atoms with Crippen molar-refractivity contribution >= 4 is 39.5 Å². The Morgan fingerprint density at radius 1 is 0.365 bits per heavy atom. The number of ether oxygens (including phenoxy) is 4. The van der Waals surface area contributed by atoms with E-state index in [9.17, 15) is 43.2 Å². The molecule has 2 unspecified atom stereocenters. The normalized spacial score (nSPS) is 14.4. The summed E-state index contributed by atoms with van der Waals surface area (Å²) in [6, 6.07) is 0. The van der Waals surface area contributed by atoms with Gasteiger partial charge in [0.2, 0.25) is 0 Å². The van der Waals surface area contributed by atoms with Crippen LogP contribution >= 0.6 is 15.6 Å². The molecule has 0 saturated carbocycles. The Balaban J connectivity index is 5.18. The molecule has 0 aromatic carbocycles. The maximum Gasteiger partial charge on any atom is 0.472 e. The van der Waals surface area contributed by atoms with Crippen molar-refractivity contribution in [2.24, 2.45) is 5.92 Å². The predicted molar refractivity (Wildman–Crippen MR) is 340 cm³/mol. The Labute approximate surface area is 516 Å². The van der Waals surface area contributed by atoms with Gasteiger partial charge in [-0.3, -0.25) is 37.3 Å². The number of phosphoric ester groups is 2. The first-order valence-electron chi connectivity index (χ1n) is 34.0. The fraction of sp³-hybridized carbons (Fsp3) is 0.879. The SMILES string of the molecule is CCCCCC/C=C\C=C/CCCCCCCC(=O)OC[C@H](COP(=O)(O)OC[C@@H](O)COP(=O)(O)OC[C@@H](COC(=O)CCCCCCC)OC(=O)CCCCCCCCCC)OC(=O)CCCCCCCCCCCCCCCCC(C)C. The van der Waals surface area contributed by atoms with E-state index >= 15 is 0 Å². The molecule has 17 nitrogen and oxygen atoms in total. The van der Waals surface area contributed by atoms with Gasteiger partial charge < -0.3 is 33.8 Å². The summed E-state index contributed by atoms with van der Waals surface area (Å²) in [5.74, 6) is -1.38. The molecule has 0 aliphatic carbocycles. The Morgan fingerprint density at radius 2 is 0.635 bits per heavy atom. The van der Waals surface area contributed by atoms with E-state index in [-0.39, 0.29) is 25.7 Å². The molecular formula is C66H124O17P2. The van der Waals surface area contributed by atoms with Crippen LogP contribution in [0.1, 0.15) is 311 Å². The highest BCUT2D eigenvalue weighted by Gasteiger charge is 2.30. The number of allylic oxidation sites excluding steroid dienone is 4. The summed E-state index contributed by atoms with van der Waals surface area (Å²) in [7, 11) is -9.89. The minimum absolute atomic E-state index is 0.101. The van der Waals surface area contributed by atoms with Gasteiger partial charge in [0.05, 0.1) is 26.4 Å². The number of aliphatic hydroxyl groups is 1. The molecule has 0 radical (unpaired) electrons. The van der Waals surface area contributed by atoms with Crippen molar-refractivity contribution < 1.29 is 80.2 Å². The van der Waals surface area contributed by atoms with E-state index in [2.05, 4.69) is 58.9 Å². The number of aliphatic hydroxyl groups excluding tert-OH is 1. The highest BCUT2D eigenvalue weighted by Crippen LogP contribution is 2.45. The molecule has 0 fully saturated rings. The Kier molecular flexibility index (Phi) is 57.5. The molecule has 19 heteroatoms. The summed E-state index contributed by atoms with van der Waals surface area (Å²) in [5, 5.41) is 10.5. The number of carbonyl (C=O) groups excluding carboxylic acids is 4. The number of hydrogen-bond donors (Lipinski definition) is 3. The lowest BCUT2D eigenvalue weighted by atomic mass is 10.0. The van der Waals surface area contributed by atoms with Gasteiger partial charge in [-0.2, -0.15) is 0 Å². The molecule has 0 aliphatic heterocycles. The largest absolute Gasteiger partial charge is 0.472 e. The van der Waals surface area contributed by atoms with E-state index in [1.807, 2.05) is 0 Å². The average Bonchev–Trinajstić information content (AvgIpc) is 3.51. The van der Waals surface area contributed by atoms with Crippen LogP contribution in [0.25, 0.3) is 0 Å². The molecule has 0 heterocycles. The number of phosphoric acid groups is 2. The lowest BCUT2D eigenvalue weighted by molar-refractivity contribution is -0.161. The van der Waals surface area contributed by atoms with Crippen molar-refractivity contribution in [2.75, 3.05) is 39.6 Å². The molecule has 3 N–H and O–H groups in total. The van der Waals surface area contributed by atoms with Crippen LogP contribution in [0.3, 0.4) is 0 Å². The summed E-state index contributed by atoms with van der Waals surface area (Å²) < 4.78 is 67.8. The Hall–Kier alpha value is -2.46. The van der Waals surface area contributed by atoms with Gasteiger partial charge in [-0.05, 0) is 57.3 Å². The van der Waals surface area contributed by atoms with Crippen molar-refractivity contribution in [1.82, 2.24) is 0 Å². The number of hydrogen-bond acceptors (Lipinski definition) is 15. The third-order valence-corrected chi connectivity index (χ3v) is 16.6. The van der Waals surface area contributed by atoms with Crippen LogP contribution in [0, 0.1) is 5.92 Å². The molecule has 0 aromatic rings. The maximum absolute atomic E-state index is 13.0. The van der Waals surface area contributed by atoms with Crippen molar-refractivity contribution in [3.8, 4) is 0 Å². The third-order valence-electron chi connectivity index (χ3n) is 14.7. The minimum atomic E-state index is -4.95. The Morgan fingerprint density at radius 3 is 0.965 bits per heavy atom. The zero-order valence-corrected chi connectivity index (χ0v) is 56.0. The minimum Gasteiger partial charge on any atom is -0.462 e. The lowest BCUT2D eigenvalue weighted by Gasteiger charge is -2.21. The van der Waals surface area contributed by atoms with Crippen LogP contribution in [0.5, 0.6) is 0 Å². The predicted octanol–water partition coefficient (Wildman–Crippen LogP) is 18.1. The molecule has 0 saturated heterocycles. The zero-order valence-electron chi connectivity index (χ0n) is 54.2. The van der Waals surface area contributed by atoms with Gasteiger partial charge in [0.1, 0.15) is 19.3 Å². The van der Waals surface area contributed by atoms with E-state index in [0.29, 0.717) is 25.7 Å². The lowest BCUT2D eigenvalue weighted by Crippen LogP contribution is -2.30. The van der Waals surface area contributed by atoms with E-state index in [1.165, 1.54) is 103 Å². The zero-order chi connectivity index (χ0) is 62.8.